The third kappa shape index (κ3) is 4.37. The Morgan fingerprint density at radius 2 is 2.11 bits per heavy atom. The van der Waals surface area contributed by atoms with Crippen molar-refractivity contribution >= 4 is 15.9 Å². The fourth-order valence-electron chi connectivity index (χ4n) is 1.86. The number of nitrogens with zero attached hydrogens (tertiary/aromatic N) is 3. The zero-order chi connectivity index (χ0) is 13.7. The second-order valence-electron chi connectivity index (χ2n) is 5.04. The molecular weight excluding hydrogens is 292 g/mol. The standard InChI is InChI=1S/C13H25BrN4/c1-6-18-12(13(14)11(3)16-18)9-15-10(2)7-8-17(4)5/h10,15H,6-9H2,1-5H3. The zero-order valence-corrected chi connectivity index (χ0v) is 13.7. The molecule has 18 heavy (non-hydrogen) atoms. The number of hydrogen-bond donors (Lipinski definition) is 1. The molecule has 0 aliphatic carbocycles. The summed E-state index contributed by atoms with van der Waals surface area (Å²) in [5, 5.41) is 8.07. The highest BCUT2D eigenvalue weighted by atomic mass is 79.9. The lowest BCUT2D eigenvalue weighted by Crippen LogP contribution is -2.30. The maximum Gasteiger partial charge on any atom is 0.0739 e. The van der Waals surface area contributed by atoms with Gasteiger partial charge in [0.15, 0.2) is 0 Å². The van der Waals surface area contributed by atoms with Crippen LogP contribution in [0.1, 0.15) is 31.7 Å². The second kappa shape index (κ2) is 7.26. The number of rotatable bonds is 7. The molecule has 0 saturated heterocycles. The second-order valence-corrected chi connectivity index (χ2v) is 5.83. The van der Waals surface area contributed by atoms with Crippen molar-refractivity contribution in [2.75, 3.05) is 20.6 Å². The average molecular weight is 317 g/mol. The Bertz CT molecular complexity index is 373. The van der Waals surface area contributed by atoms with Crippen molar-refractivity contribution in [3.63, 3.8) is 0 Å². The predicted octanol–water partition coefficient (Wildman–Crippen LogP) is 2.40. The van der Waals surface area contributed by atoms with E-state index in [1.165, 1.54) is 5.69 Å². The predicted molar refractivity (Wildman–Crippen MR) is 79.8 cm³/mol. The smallest absolute Gasteiger partial charge is 0.0739 e. The normalized spacial score (nSPS) is 13.3. The van der Waals surface area contributed by atoms with Crippen molar-refractivity contribution in [1.82, 2.24) is 20.0 Å². The first-order valence-electron chi connectivity index (χ1n) is 6.55. The largest absolute Gasteiger partial charge is 0.309 e. The molecule has 0 saturated carbocycles. The summed E-state index contributed by atoms with van der Waals surface area (Å²) in [6.07, 6.45) is 1.16. The van der Waals surface area contributed by atoms with Gasteiger partial charge in [0.2, 0.25) is 0 Å². The molecule has 1 atom stereocenters. The summed E-state index contributed by atoms with van der Waals surface area (Å²) >= 11 is 3.62. The minimum Gasteiger partial charge on any atom is -0.309 e. The van der Waals surface area contributed by atoms with Crippen LogP contribution in [-0.4, -0.2) is 41.4 Å². The molecule has 1 heterocycles. The van der Waals surface area contributed by atoms with Crippen molar-refractivity contribution in [2.24, 2.45) is 0 Å². The number of hydrogen-bond acceptors (Lipinski definition) is 3. The molecule has 0 aromatic carbocycles. The maximum atomic E-state index is 4.50. The van der Waals surface area contributed by atoms with Gasteiger partial charge in [0, 0.05) is 19.1 Å². The molecule has 0 fully saturated rings. The van der Waals surface area contributed by atoms with E-state index in [4.69, 9.17) is 0 Å². The molecular formula is C13H25BrN4. The van der Waals surface area contributed by atoms with Crippen LogP contribution in [-0.2, 0) is 13.1 Å². The van der Waals surface area contributed by atoms with Crippen molar-refractivity contribution in [3.05, 3.63) is 15.9 Å². The van der Waals surface area contributed by atoms with Crippen molar-refractivity contribution in [3.8, 4) is 0 Å². The lowest BCUT2D eigenvalue weighted by molar-refractivity contribution is 0.363. The van der Waals surface area contributed by atoms with Gasteiger partial charge in [-0.05, 0) is 63.8 Å². The van der Waals surface area contributed by atoms with E-state index in [2.05, 4.69) is 63.9 Å². The van der Waals surface area contributed by atoms with Gasteiger partial charge in [0.1, 0.15) is 0 Å². The first-order valence-corrected chi connectivity index (χ1v) is 7.34. The minimum absolute atomic E-state index is 0.514. The Balaban J connectivity index is 2.52. The van der Waals surface area contributed by atoms with Crippen LogP contribution in [0.25, 0.3) is 0 Å². The van der Waals surface area contributed by atoms with Crippen LogP contribution in [0.4, 0.5) is 0 Å². The molecule has 104 valence electrons. The van der Waals surface area contributed by atoms with Gasteiger partial charge in [-0.25, -0.2) is 0 Å². The molecule has 1 aromatic rings. The molecule has 0 aliphatic heterocycles. The molecule has 1 rings (SSSR count). The number of halogens is 1. The van der Waals surface area contributed by atoms with E-state index in [0.29, 0.717) is 6.04 Å². The Morgan fingerprint density at radius 3 is 2.67 bits per heavy atom. The van der Waals surface area contributed by atoms with Gasteiger partial charge >= 0.3 is 0 Å². The van der Waals surface area contributed by atoms with E-state index in [9.17, 15) is 0 Å². The Hall–Kier alpha value is -0.390. The highest BCUT2D eigenvalue weighted by Crippen LogP contribution is 2.20. The van der Waals surface area contributed by atoms with Crippen LogP contribution in [0.5, 0.6) is 0 Å². The number of aromatic nitrogens is 2. The van der Waals surface area contributed by atoms with Crippen LogP contribution in [0.3, 0.4) is 0 Å². The molecule has 1 aromatic heterocycles. The van der Waals surface area contributed by atoms with E-state index >= 15 is 0 Å². The maximum absolute atomic E-state index is 4.50. The number of nitrogens with one attached hydrogen (secondary N) is 1. The van der Waals surface area contributed by atoms with Crippen molar-refractivity contribution < 1.29 is 0 Å². The summed E-state index contributed by atoms with van der Waals surface area (Å²) in [5.74, 6) is 0. The molecule has 5 heteroatoms. The van der Waals surface area contributed by atoms with E-state index in [0.717, 1.165) is 36.2 Å². The molecule has 0 aliphatic rings. The van der Waals surface area contributed by atoms with Gasteiger partial charge < -0.3 is 10.2 Å². The van der Waals surface area contributed by atoms with E-state index in [1.807, 2.05) is 6.92 Å². The SMILES string of the molecule is CCn1nc(C)c(Br)c1CNC(C)CCN(C)C. The summed E-state index contributed by atoms with van der Waals surface area (Å²) in [7, 11) is 4.22. The van der Waals surface area contributed by atoms with Crippen molar-refractivity contribution in [2.45, 2.75) is 46.3 Å². The van der Waals surface area contributed by atoms with Gasteiger partial charge in [-0.1, -0.05) is 0 Å². The summed E-state index contributed by atoms with van der Waals surface area (Å²) in [6.45, 7) is 9.28. The first kappa shape index (κ1) is 15.7. The topological polar surface area (TPSA) is 33.1 Å². The van der Waals surface area contributed by atoms with Crippen LogP contribution >= 0.6 is 15.9 Å². The van der Waals surface area contributed by atoms with Gasteiger partial charge in [0.05, 0.1) is 15.9 Å². The van der Waals surface area contributed by atoms with E-state index in [1.54, 1.807) is 0 Å². The van der Waals surface area contributed by atoms with Gasteiger partial charge in [-0.3, -0.25) is 4.68 Å². The van der Waals surface area contributed by atoms with Gasteiger partial charge in [0.25, 0.3) is 0 Å². The van der Waals surface area contributed by atoms with Gasteiger partial charge in [-0.2, -0.15) is 5.10 Å². The molecule has 0 bridgehead atoms. The average Bonchev–Trinajstić information content (AvgIpc) is 2.60. The lowest BCUT2D eigenvalue weighted by Gasteiger charge is -2.17. The van der Waals surface area contributed by atoms with E-state index < -0.39 is 0 Å². The van der Waals surface area contributed by atoms with Crippen LogP contribution < -0.4 is 5.32 Å². The monoisotopic (exact) mass is 316 g/mol. The molecule has 1 N–H and O–H groups in total. The van der Waals surface area contributed by atoms with Crippen molar-refractivity contribution in [1.29, 1.82) is 0 Å². The summed E-state index contributed by atoms with van der Waals surface area (Å²) in [4.78, 5) is 2.22. The van der Waals surface area contributed by atoms with Crippen LogP contribution in [0.15, 0.2) is 4.47 Å². The highest BCUT2D eigenvalue weighted by Gasteiger charge is 2.12. The van der Waals surface area contributed by atoms with Gasteiger partial charge in [-0.15, -0.1) is 0 Å². The Labute approximate surface area is 119 Å². The third-order valence-corrected chi connectivity index (χ3v) is 4.11. The van der Waals surface area contributed by atoms with E-state index in [-0.39, 0.29) is 0 Å². The molecule has 0 amide bonds. The Morgan fingerprint density at radius 1 is 1.44 bits per heavy atom. The molecule has 4 nitrogen and oxygen atoms in total. The minimum atomic E-state index is 0.514. The fraction of sp³-hybridized carbons (Fsp3) is 0.769. The summed E-state index contributed by atoms with van der Waals surface area (Å²) < 4.78 is 3.20. The zero-order valence-electron chi connectivity index (χ0n) is 12.1. The highest BCUT2D eigenvalue weighted by molar-refractivity contribution is 9.10. The molecule has 0 spiro atoms. The first-order chi connectivity index (χ1) is 8.45. The van der Waals surface area contributed by atoms with Crippen LogP contribution in [0.2, 0.25) is 0 Å². The number of aryl methyl sites for hydroxylation is 2. The third-order valence-electron chi connectivity index (χ3n) is 3.08. The lowest BCUT2D eigenvalue weighted by atomic mass is 10.2. The molecule has 0 radical (unpaired) electrons. The summed E-state index contributed by atoms with van der Waals surface area (Å²) in [6, 6.07) is 0.514. The molecule has 1 unspecified atom stereocenters. The van der Waals surface area contributed by atoms with Crippen LogP contribution in [0, 0.1) is 6.92 Å². The fourth-order valence-corrected chi connectivity index (χ4v) is 2.29. The Kier molecular flexibility index (Phi) is 6.32. The summed E-state index contributed by atoms with van der Waals surface area (Å²) in [5.41, 5.74) is 2.31. The quantitative estimate of drug-likeness (QED) is 0.838.